The largest absolute Gasteiger partial charge is 0.488 e. The van der Waals surface area contributed by atoms with Gasteiger partial charge in [-0.1, -0.05) is 48.0 Å². The van der Waals surface area contributed by atoms with E-state index < -0.39 is 0 Å². The predicted octanol–water partition coefficient (Wildman–Crippen LogP) is 4.59. The molecule has 0 aliphatic rings. The van der Waals surface area contributed by atoms with Crippen molar-refractivity contribution in [2.45, 2.75) is 13.2 Å². The van der Waals surface area contributed by atoms with Crippen LogP contribution in [-0.2, 0) is 13.2 Å². The molecule has 0 unspecified atom stereocenters. The van der Waals surface area contributed by atoms with E-state index in [2.05, 4.69) is 4.98 Å². The Balaban J connectivity index is 1.73. The number of hydrogen-bond acceptors (Lipinski definition) is 3. The van der Waals surface area contributed by atoms with Gasteiger partial charge in [0.05, 0.1) is 5.56 Å². The van der Waals surface area contributed by atoms with Crippen LogP contribution in [0.15, 0.2) is 73.1 Å². The number of hydrogen-bond donors (Lipinski definition) is 0. The maximum Gasteiger partial charge on any atom is 0.257 e. The Labute approximate surface area is 158 Å². The second-order valence-electron chi connectivity index (χ2n) is 5.90. The molecule has 3 rings (SSSR count). The van der Waals surface area contributed by atoms with Crippen LogP contribution in [0.3, 0.4) is 0 Å². The van der Waals surface area contributed by atoms with Crippen LogP contribution in [0, 0.1) is 0 Å². The third kappa shape index (κ3) is 4.41. The highest BCUT2D eigenvalue weighted by Crippen LogP contribution is 2.23. The lowest BCUT2D eigenvalue weighted by Crippen LogP contribution is -2.26. The minimum atomic E-state index is -0.108. The summed E-state index contributed by atoms with van der Waals surface area (Å²) in [5.74, 6) is 0.430. The summed E-state index contributed by atoms with van der Waals surface area (Å²) in [6.45, 7) is 0.780. The van der Waals surface area contributed by atoms with Crippen LogP contribution in [0.4, 0.5) is 0 Å². The molecule has 0 saturated heterocycles. The van der Waals surface area contributed by atoms with Crippen molar-refractivity contribution in [2.24, 2.45) is 0 Å². The first kappa shape index (κ1) is 18.0. The van der Waals surface area contributed by atoms with E-state index in [-0.39, 0.29) is 5.91 Å². The van der Waals surface area contributed by atoms with Crippen molar-refractivity contribution in [1.29, 1.82) is 0 Å². The number of ether oxygens (including phenoxy) is 1. The second-order valence-corrected chi connectivity index (χ2v) is 6.31. The molecule has 0 N–H and O–H groups in total. The Kier molecular flexibility index (Phi) is 5.87. The zero-order valence-electron chi connectivity index (χ0n) is 14.4. The van der Waals surface area contributed by atoms with E-state index in [0.717, 1.165) is 11.1 Å². The van der Waals surface area contributed by atoms with Crippen LogP contribution in [0.25, 0.3) is 0 Å². The number of halogens is 1. The number of amides is 1. The summed E-state index contributed by atoms with van der Waals surface area (Å²) in [6, 6.07) is 18.5. The van der Waals surface area contributed by atoms with E-state index in [4.69, 9.17) is 16.3 Å². The molecule has 0 radical (unpaired) electrons. The van der Waals surface area contributed by atoms with Gasteiger partial charge in [0.1, 0.15) is 12.4 Å². The Hall–Kier alpha value is -2.85. The SMILES string of the molecule is CN(Cc1cccnc1)C(=O)c1ccccc1OCc1ccccc1Cl. The molecular formula is C21H19ClN2O2. The molecule has 1 aromatic heterocycles. The zero-order chi connectivity index (χ0) is 18.4. The lowest BCUT2D eigenvalue weighted by molar-refractivity contribution is 0.0780. The van der Waals surface area contributed by atoms with E-state index in [0.29, 0.717) is 29.5 Å². The first-order valence-corrected chi connectivity index (χ1v) is 8.62. The minimum Gasteiger partial charge on any atom is -0.488 e. The van der Waals surface area contributed by atoms with Gasteiger partial charge < -0.3 is 9.64 Å². The van der Waals surface area contributed by atoms with E-state index in [1.54, 1.807) is 36.5 Å². The summed E-state index contributed by atoms with van der Waals surface area (Å²) in [6.07, 6.45) is 3.47. The summed E-state index contributed by atoms with van der Waals surface area (Å²) < 4.78 is 5.88. The van der Waals surface area contributed by atoms with Crippen LogP contribution in [0.2, 0.25) is 5.02 Å². The molecule has 0 aliphatic carbocycles. The number of carbonyl (C=O) groups is 1. The van der Waals surface area contributed by atoms with Gasteiger partial charge >= 0.3 is 0 Å². The average molecular weight is 367 g/mol. The van der Waals surface area contributed by atoms with Crippen LogP contribution in [0.1, 0.15) is 21.5 Å². The van der Waals surface area contributed by atoms with Crippen molar-refractivity contribution in [1.82, 2.24) is 9.88 Å². The standard InChI is InChI=1S/C21H19ClN2O2/c1-24(14-16-7-6-12-23-13-16)21(25)18-9-3-5-11-20(18)26-15-17-8-2-4-10-19(17)22/h2-13H,14-15H2,1H3. The Morgan fingerprint density at radius 3 is 2.62 bits per heavy atom. The van der Waals surface area contributed by atoms with Crippen molar-refractivity contribution in [3.8, 4) is 5.75 Å². The van der Waals surface area contributed by atoms with E-state index in [1.165, 1.54) is 0 Å². The van der Waals surface area contributed by atoms with Crippen molar-refractivity contribution >= 4 is 17.5 Å². The van der Waals surface area contributed by atoms with Gasteiger partial charge in [-0.05, 0) is 29.8 Å². The van der Waals surface area contributed by atoms with Crippen LogP contribution >= 0.6 is 11.6 Å². The molecule has 1 heterocycles. The average Bonchev–Trinajstić information content (AvgIpc) is 2.68. The second kappa shape index (κ2) is 8.50. The summed E-state index contributed by atoms with van der Waals surface area (Å²) >= 11 is 6.17. The fraction of sp³-hybridized carbons (Fsp3) is 0.143. The van der Waals surface area contributed by atoms with Gasteiger partial charge in [0.15, 0.2) is 0 Å². The van der Waals surface area contributed by atoms with Gasteiger partial charge in [0.25, 0.3) is 5.91 Å². The summed E-state index contributed by atoms with van der Waals surface area (Å²) in [7, 11) is 1.76. The van der Waals surface area contributed by atoms with Crippen LogP contribution in [0.5, 0.6) is 5.75 Å². The molecule has 0 fully saturated rings. The number of benzene rings is 2. The topological polar surface area (TPSA) is 42.4 Å². The quantitative estimate of drug-likeness (QED) is 0.641. The molecule has 0 spiro atoms. The number of para-hydroxylation sites is 1. The molecule has 0 aliphatic heterocycles. The Morgan fingerprint density at radius 1 is 1.08 bits per heavy atom. The molecule has 3 aromatic rings. The molecule has 0 bridgehead atoms. The van der Waals surface area contributed by atoms with Gasteiger partial charge in [0, 0.05) is 36.6 Å². The highest BCUT2D eigenvalue weighted by atomic mass is 35.5. The molecule has 1 amide bonds. The number of pyridine rings is 1. The molecule has 26 heavy (non-hydrogen) atoms. The fourth-order valence-corrected chi connectivity index (χ4v) is 2.77. The molecule has 5 heteroatoms. The molecule has 4 nitrogen and oxygen atoms in total. The third-order valence-electron chi connectivity index (χ3n) is 3.95. The molecule has 132 valence electrons. The van der Waals surface area contributed by atoms with Gasteiger partial charge in [-0.15, -0.1) is 0 Å². The molecule has 0 saturated carbocycles. The summed E-state index contributed by atoms with van der Waals surface area (Å²) in [4.78, 5) is 18.6. The van der Waals surface area contributed by atoms with Gasteiger partial charge in [-0.3, -0.25) is 9.78 Å². The minimum absolute atomic E-state index is 0.108. The molecule has 0 atom stereocenters. The van der Waals surface area contributed by atoms with E-state index in [9.17, 15) is 4.79 Å². The van der Waals surface area contributed by atoms with Crippen LogP contribution < -0.4 is 4.74 Å². The first-order chi connectivity index (χ1) is 12.6. The van der Waals surface area contributed by atoms with E-state index in [1.807, 2.05) is 48.5 Å². The monoisotopic (exact) mass is 366 g/mol. The van der Waals surface area contributed by atoms with Crippen molar-refractivity contribution in [3.05, 3.63) is 94.8 Å². The summed E-state index contributed by atoms with van der Waals surface area (Å²) in [5.41, 5.74) is 2.36. The number of carbonyl (C=O) groups excluding carboxylic acids is 1. The van der Waals surface area contributed by atoms with Gasteiger partial charge in [-0.25, -0.2) is 0 Å². The number of rotatable bonds is 6. The number of aromatic nitrogens is 1. The highest BCUT2D eigenvalue weighted by Gasteiger charge is 2.17. The summed E-state index contributed by atoms with van der Waals surface area (Å²) in [5, 5.41) is 0.644. The molecule has 2 aromatic carbocycles. The first-order valence-electron chi connectivity index (χ1n) is 8.25. The van der Waals surface area contributed by atoms with Crippen molar-refractivity contribution < 1.29 is 9.53 Å². The molecular weight excluding hydrogens is 348 g/mol. The van der Waals surface area contributed by atoms with E-state index >= 15 is 0 Å². The van der Waals surface area contributed by atoms with Crippen LogP contribution in [-0.4, -0.2) is 22.8 Å². The fourth-order valence-electron chi connectivity index (χ4n) is 2.58. The predicted molar refractivity (Wildman–Crippen MR) is 102 cm³/mol. The normalized spacial score (nSPS) is 10.4. The Morgan fingerprint density at radius 2 is 1.85 bits per heavy atom. The van der Waals surface area contributed by atoms with Crippen molar-refractivity contribution in [2.75, 3.05) is 7.05 Å². The Bertz CT molecular complexity index is 884. The maximum atomic E-state index is 12.8. The van der Waals surface area contributed by atoms with Crippen molar-refractivity contribution in [3.63, 3.8) is 0 Å². The smallest absolute Gasteiger partial charge is 0.257 e. The maximum absolute atomic E-state index is 12.8. The van der Waals surface area contributed by atoms with Gasteiger partial charge in [0.2, 0.25) is 0 Å². The lowest BCUT2D eigenvalue weighted by atomic mass is 10.1. The highest BCUT2D eigenvalue weighted by molar-refractivity contribution is 6.31. The zero-order valence-corrected chi connectivity index (χ0v) is 15.2. The van der Waals surface area contributed by atoms with Gasteiger partial charge in [-0.2, -0.15) is 0 Å². The lowest BCUT2D eigenvalue weighted by Gasteiger charge is -2.19. The number of nitrogens with zero attached hydrogens (tertiary/aromatic N) is 2. The third-order valence-corrected chi connectivity index (χ3v) is 4.32.